The van der Waals surface area contributed by atoms with E-state index in [1.165, 1.54) is 13.2 Å². The Kier molecular flexibility index (Phi) is 6.23. The molecule has 0 saturated carbocycles. The highest BCUT2D eigenvalue weighted by molar-refractivity contribution is 9.10. The molecular weight excluding hydrogens is 398 g/mol. The SMILES string of the molecule is COc1cc(Br)c(C=O)cc1OCC(=O)Nc1ccc(C)c(Cl)c1. The van der Waals surface area contributed by atoms with Gasteiger partial charge < -0.3 is 14.8 Å². The number of hydrogen-bond donors (Lipinski definition) is 1. The Balaban J connectivity index is 2.05. The molecule has 7 heteroatoms. The Labute approximate surface area is 153 Å². The van der Waals surface area contributed by atoms with Crippen molar-refractivity contribution in [1.29, 1.82) is 0 Å². The van der Waals surface area contributed by atoms with Gasteiger partial charge in [-0.3, -0.25) is 9.59 Å². The molecule has 0 unspecified atom stereocenters. The lowest BCUT2D eigenvalue weighted by Gasteiger charge is -2.12. The van der Waals surface area contributed by atoms with Crippen molar-refractivity contribution in [3.05, 3.63) is 51.0 Å². The Morgan fingerprint density at radius 3 is 2.67 bits per heavy atom. The van der Waals surface area contributed by atoms with E-state index in [1.807, 2.05) is 13.0 Å². The van der Waals surface area contributed by atoms with Crippen molar-refractivity contribution in [3.63, 3.8) is 0 Å². The fourth-order valence-electron chi connectivity index (χ4n) is 1.92. The molecule has 0 aliphatic rings. The molecule has 5 nitrogen and oxygen atoms in total. The van der Waals surface area contributed by atoms with E-state index in [2.05, 4.69) is 21.2 Å². The molecule has 2 aromatic rings. The highest BCUT2D eigenvalue weighted by atomic mass is 79.9. The van der Waals surface area contributed by atoms with E-state index in [9.17, 15) is 9.59 Å². The smallest absolute Gasteiger partial charge is 0.262 e. The molecule has 24 heavy (non-hydrogen) atoms. The Morgan fingerprint density at radius 1 is 1.29 bits per heavy atom. The van der Waals surface area contributed by atoms with Gasteiger partial charge in [0.25, 0.3) is 5.91 Å². The molecule has 0 aliphatic carbocycles. The summed E-state index contributed by atoms with van der Waals surface area (Å²) in [6.07, 6.45) is 0.685. The minimum Gasteiger partial charge on any atom is -0.493 e. The van der Waals surface area contributed by atoms with Crippen LogP contribution in [0.1, 0.15) is 15.9 Å². The van der Waals surface area contributed by atoms with Gasteiger partial charge in [0.15, 0.2) is 24.4 Å². The largest absolute Gasteiger partial charge is 0.493 e. The second-order valence-electron chi connectivity index (χ2n) is 4.94. The molecular formula is C17H15BrClNO4. The second kappa shape index (κ2) is 8.17. The molecule has 2 rings (SSSR count). The third-order valence-electron chi connectivity index (χ3n) is 3.22. The zero-order valence-electron chi connectivity index (χ0n) is 13.1. The molecule has 0 bridgehead atoms. The van der Waals surface area contributed by atoms with Gasteiger partial charge in [-0.25, -0.2) is 0 Å². The van der Waals surface area contributed by atoms with Crippen molar-refractivity contribution in [1.82, 2.24) is 0 Å². The average Bonchev–Trinajstić information content (AvgIpc) is 2.56. The zero-order valence-corrected chi connectivity index (χ0v) is 15.4. The van der Waals surface area contributed by atoms with Gasteiger partial charge >= 0.3 is 0 Å². The van der Waals surface area contributed by atoms with E-state index in [0.29, 0.717) is 38.5 Å². The second-order valence-corrected chi connectivity index (χ2v) is 6.20. The van der Waals surface area contributed by atoms with Gasteiger partial charge in [0.2, 0.25) is 0 Å². The van der Waals surface area contributed by atoms with Crippen LogP contribution in [0.4, 0.5) is 5.69 Å². The lowest BCUT2D eigenvalue weighted by atomic mass is 10.2. The van der Waals surface area contributed by atoms with Crippen LogP contribution in [0.5, 0.6) is 11.5 Å². The van der Waals surface area contributed by atoms with Crippen LogP contribution in [0.25, 0.3) is 0 Å². The van der Waals surface area contributed by atoms with E-state index < -0.39 is 0 Å². The summed E-state index contributed by atoms with van der Waals surface area (Å²) in [7, 11) is 1.48. The molecule has 0 fully saturated rings. The topological polar surface area (TPSA) is 64.6 Å². The van der Waals surface area contributed by atoms with E-state index >= 15 is 0 Å². The van der Waals surface area contributed by atoms with Crippen molar-refractivity contribution in [2.75, 3.05) is 19.0 Å². The first-order valence-corrected chi connectivity index (χ1v) is 8.13. The molecule has 0 radical (unpaired) electrons. The summed E-state index contributed by atoms with van der Waals surface area (Å²) in [5.41, 5.74) is 1.90. The highest BCUT2D eigenvalue weighted by Crippen LogP contribution is 2.32. The van der Waals surface area contributed by atoms with Crippen LogP contribution < -0.4 is 14.8 Å². The molecule has 0 aliphatic heterocycles. The Bertz CT molecular complexity index is 779. The number of benzene rings is 2. The highest BCUT2D eigenvalue weighted by Gasteiger charge is 2.12. The predicted molar refractivity (Wildman–Crippen MR) is 96.4 cm³/mol. The molecule has 126 valence electrons. The number of carbonyl (C=O) groups is 2. The molecule has 0 spiro atoms. The third kappa shape index (κ3) is 4.49. The number of aldehydes is 1. The van der Waals surface area contributed by atoms with Crippen LogP contribution in [-0.4, -0.2) is 25.9 Å². The molecule has 1 amide bonds. The summed E-state index contributed by atoms with van der Waals surface area (Å²) in [6, 6.07) is 8.35. The zero-order chi connectivity index (χ0) is 17.7. The van der Waals surface area contributed by atoms with E-state index in [-0.39, 0.29) is 12.5 Å². The molecule has 2 aromatic carbocycles. The Hall–Kier alpha value is -2.05. The first-order chi connectivity index (χ1) is 11.4. The summed E-state index contributed by atoms with van der Waals surface area (Å²) in [5.74, 6) is 0.367. The number of methoxy groups -OCH3 is 1. The van der Waals surface area contributed by atoms with Gasteiger partial charge in [-0.05, 0) is 52.7 Å². The number of nitrogens with one attached hydrogen (secondary N) is 1. The summed E-state index contributed by atoms with van der Waals surface area (Å²) in [4.78, 5) is 23.0. The van der Waals surface area contributed by atoms with Crippen molar-refractivity contribution < 1.29 is 19.1 Å². The van der Waals surface area contributed by atoms with Crippen molar-refractivity contribution in [2.45, 2.75) is 6.92 Å². The lowest BCUT2D eigenvalue weighted by Crippen LogP contribution is -2.20. The molecule has 0 heterocycles. The van der Waals surface area contributed by atoms with Crippen molar-refractivity contribution in [3.8, 4) is 11.5 Å². The van der Waals surface area contributed by atoms with Crippen LogP contribution >= 0.6 is 27.5 Å². The summed E-state index contributed by atoms with van der Waals surface area (Å²) >= 11 is 9.28. The summed E-state index contributed by atoms with van der Waals surface area (Å²) in [5, 5.41) is 3.26. The van der Waals surface area contributed by atoms with E-state index in [0.717, 1.165) is 5.56 Å². The minimum atomic E-state index is -0.354. The number of hydrogen-bond acceptors (Lipinski definition) is 4. The first-order valence-electron chi connectivity index (χ1n) is 6.96. The fraction of sp³-hybridized carbons (Fsp3) is 0.176. The fourth-order valence-corrected chi connectivity index (χ4v) is 2.52. The van der Waals surface area contributed by atoms with Crippen LogP contribution in [0, 0.1) is 6.92 Å². The van der Waals surface area contributed by atoms with Gasteiger partial charge in [-0.2, -0.15) is 0 Å². The summed E-state index contributed by atoms with van der Waals surface area (Å²) in [6.45, 7) is 1.64. The van der Waals surface area contributed by atoms with Gasteiger partial charge in [-0.1, -0.05) is 17.7 Å². The number of anilines is 1. The standard InChI is InChI=1S/C17H15BrClNO4/c1-10-3-4-12(6-14(10)19)20-17(22)9-24-16-5-11(8-21)13(18)7-15(16)23-2/h3-8H,9H2,1-2H3,(H,20,22). The minimum absolute atomic E-state index is 0.234. The van der Waals surface area contributed by atoms with Crippen LogP contribution in [0.15, 0.2) is 34.8 Å². The number of aryl methyl sites for hydroxylation is 1. The maximum atomic E-state index is 12.0. The van der Waals surface area contributed by atoms with Crippen molar-refractivity contribution in [2.24, 2.45) is 0 Å². The average molecular weight is 413 g/mol. The van der Waals surface area contributed by atoms with E-state index in [1.54, 1.807) is 18.2 Å². The monoisotopic (exact) mass is 411 g/mol. The maximum Gasteiger partial charge on any atom is 0.262 e. The molecule has 0 aromatic heterocycles. The number of amides is 1. The van der Waals surface area contributed by atoms with Crippen LogP contribution in [0.2, 0.25) is 5.02 Å². The van der Waals surface area contributed by atoms with Gasteiger partial charge in [0.1, 0.15) is 0 Å². The van der Waals surface area contributed by atoms with Gasteiger partial charge in [0.05, 0.1) is 7.11 Å². The predicted octanol–water partition coefficient (Wildman–Crippen LogP) is 4.25. The Morgan fingerprint density at radius 2 is 2.04 bits per heavy atom. The summed E-state index contributed by atoms with van der Waals surface area (Å²) < 4.78 is 11.2. The normalized spacial score (nSPS) is 10.2. The number of ether oxygens (including phenoxy) is 2. The van der Waals surface area contributed by atoms with Crippen LogP contribution in [0.3, 0.4) is 0 Å². The van der Waals surface area contributed by atoms with E-state index in [4.69, 9.17) is 21.1 Å². The number of rotatable bonds is 6. The number of halogens is 2. The van der Waals surface area contributed by atoms with Gasteiger partial charge in [0, 0.05) is 20.7 Å². The van der Waals surface area contributed by atoms with Crippen molar-refractivity contribution >= 4 is 45.4 Å². The quantitative estimate of drug-likeness (QED) is 0.720. The third-order valence-corrected chi connectivity index (χ3v) is 4.32. The number of carbonyl (C=O) groups excluding carboxylic acids is 2. The maximum absolute atomic E-state index is 12.0. The molecule has 0 saturated heterocycles. The first kappa shape index (κ1) is 18.3. The van der Waals surface area contributed by atoms with Crippen LogP contribution in [-0.2, 0) is 4.79 Å². The van der Waals surface area contributed by atoms with Gasteiger partial charge in [-0.15, -0.1) is 0 Å². The lowest BCUT2D eigenvalue weighted by molar-refractivity contribution is -0.118. The molecule has 1 N–H and O–H groups in total. The molecule has 0 atom stereocenters.